The first-order valence-electron chi connectivity index (χ1n) is 3.54. The molecule has 0 aromatic carbocycles. The smallest absolute Gasteiger partial charge is 0.314 e. The molecule has 1 aliphatic heterocycles. The first kappa shape index (κ1) is 16.4. The van der Waals surface area contributed by atoms with Crippen LogP contribution in [0, 0.1) is 0 Å². The molecule has 1 aliphatic rings. The van der Waals surface area contributed by atoms with Crippen LogP contribution in [-0.2, 0) is 11.6 Å². The third kappa shape index (κ3) is 588. The van der Waals surface area contributed by atoms with Gasteiger partial charge in [-0.15, -0.1) is 0 Å². The van der Waals surface area contributed by atoms with Crippen LogP contribution < -0.4 is 5.32 Å². The Hall–Kier alpha value is -0.220. The number of hydrogen-bond acceptors (Lipinski definition) is 3. The average molecular weight is 167 g/mol. The fraction of sp³-hybridized carbons (Fsp3) is 1.00. The summed E-state index contributed by atoms with van der Waals surface area (Å²) in [6.45, 7) is 10.5. The summed E-state index contributed by atoms with van der Waals surface area (Å²) in [6, 6.07) is 0. The molecule has 4 heteroatoms. The van der Waals surface area contributed by atoms with Gasteiger partial charge in [-0.1, -0.05) is 27.7 Å². The second-order valence-corrected chi connectivity index (χ2v) is 0.954. The van der Waals surface area contributed by atoms with Gasteiger partial charge in [0.2, 0.25) is 0 Å². The molecule has 64 valence electrons. The molecule has 0 atom stereocenters. The summed E-state index contributed by atoms with van der Waals surface area (Å²) in [5.74, 6) is 0. The van der Waals surface area contributed by atoms with Crippen LogP contribution in [0.25, 0.3) is 0 Å². The Kier molecular flexibility index (Phi) is 61.0. The maximum Gasteiger partial charge on any atom is 0.335 e. The van der Waals surface area contributed by atoms with Crippen LogP contribution in [-0.4, -0.2) is 21.5 Å². The Morgan fingerprint density at radius 3 is 1.10 bits per heavy atom. The molecule has 0 spiro atoms. The molecule has 10 heavy (non-hydrogen) atoms. The molecule has 0 bridgehead atoms. The largest absolute Gasteiger partial charge is 0.335 e. The Morgan fingerprint density at radius 2 is 1.10 bits per heavy atom. The lowest BCUT2D eigenvalue weighted by Crippen LogP contribution is -1.56. The van der Waals surface area contributed by atoms with E-state index in [4.69, 9.17) is 8.42 Å². The highest BCUT2D eigenvalue weighted by molar-refractivity contribution is 7.51. The SMILES string of the molecule is C1CN1.CC.CC.O=S=O. The zero-order valence-electron chi connectivity index (χ0n) is 7.14. The Balaban J connectivity index is -0.0000000675. The van der Waals surface area contributed by atoms with E-state index in [1.54, 1.807) is 0 Å². The molecule has 0 amide bonds. The molecule has 0 radical (unpaired) electrons. The molecule has 0 saturated carbocycles. The van der Waals surface area contributed by atoms with E-state index in [1.807, 2.05) is 27.7 Å². The lowest BCUT2D eigenvalue weighted by atomic mass is 11.0. The van der Waals surface area contributed by atoms with E-state index in [0.717, 1.165) is 0 Å². The van der Waals surface area contributed by atoms with Crippen LogP contribution in [0.4, 0.5) is 0 Å². The third-order valence-electron chi connectivity index (χ3n) is 0.250. The molecule has 1 N–H and O–H groups in total. The van der Waals surface area contributed by atoms with Gasteiger partial charge in [0.05, 0.1) is 0 Å². The summed E-state index contributed by atoms with van der Waals surface area (Å²) >= 11 is -0.750. The zero-order chi connectivity index (χ0) is 8.83. The molecule has 0 aromatic rings. The van der Waals surface area contributed by atoms with Crippen molar-refractivity contribution >= 4 is 11.6 Å². The highest BCUT2D eigenvalue weighted by Gasteiger charge is 1.91. The molecule has 1 fully saturated rings. The molecule has 3 nitrogen and oxygen atoms in total. The van der Waals surface area contributed by atoms with Crippen molar-refractivity contribution in [2.24, 2.45) is 0 Å². The van der Waals surface area contributed by atoms with E-state index < -0.39 is 11.6 Å². The predicted molar refractivity (Wildman–Crippen MR) is 44.5 cm³/mol. The molecule has 1 rings (SSSR count). The molecular formula is C6H17NO2S. The molecule has 0 aliphatic carbocycles. The third-order valence-corrected chi connectivity index (χ3v) is 0.250. The van der Waals surface area contributed by atoms with Crippen molar-refractivity contribution in [3.05, 3.63) is 0 Å². The molecule has 0 aromatic heterocycles. The summed E-state index contributed by atoms with van der Waals surface area (Å²) < 4.78 is 16.6. The van der Waals surface area contributed by atoms with Gasteiger partial charge < -0.3 is 5.32 Å². The fourth-order valence-electron chi connectivity index (χ4n) is 0. The van der Waals surface area contributed by atoms with Gasteiger partial charge in [0, 0.05) is 13.1 Å². The van der Waals surface area contributed by atoms with Gasteiger partial charge in [-0.3, -0.25) is 0 Å². The van der Waals surface area contributed by atoms with E-state index in [1.165, 1.54) is 13.1 Å². The van der Waals surface area contributed by atoms with Crippen molar-refractivity contribution < 1.29 is 8.42 Å². The van der Waals surface area contributed by atoms with E-state index in [9.17, 15) is 0 Å². The monoisotopic (exact) mass is 167 g/mol. The number of hydrogen-bond donors (Lipinski definition) is 1. The van der Waals surface area contributed by atoms with E-state index >= 15 is 0 Å². The molecular weight excluding hydrogens is 150 g/mol. The highest BCUT2D eigenvalue weighted by atomic mass is 32.1. The van der Waals surface area contributed by atoms with E-state index in [2.05, 4.69) is 5.32 Å². The predicted octanol–water partition coefficient (Wildman–Crippen LogP) is 0.972. The van der Waals surface area contributed by atoms with Crippen LogP contribution in [0.2, 0.25) is 0 Å². The van der Waals surface area contributed by atoms with Gasteiger partial charge in [0.1, 0.15) is 0 Å². The second-order valence-electron chi connectivity index (χ2n) is 0.818. The van der Waals surface area contributed by atoms with Crippen LogP contribution in [0.5, 0.6) is 0 Å². The van der Waals surface area contributed by atoms with Crippen LogP contribution in [0.15, 0.2) is 0 Å². The van der Waals surface area contributed by atoms with Crippen LogP contribution in [0.1, 0.15) is 27.7 Å². The minimum atomic E-state index is -0.750. The molecule has 1 heterocycles. The number of rotatable bonds is 0. The van der Waals surface area contributed by atoms with Crippen molar-refractivity contribution in [2.75, 3.05) is 13.1 Å². The van der Waals surface area contributed by atoms with Gasteiger partial charge in [-0.05, 0) is 0 Å². The van der Waals surface area contributed by atoms with Crippen LogP contribution in [0.3, 0.4) is 0 Å². The zero-order valence-corrected chi connectivity index (χ0v) is 7.96. The van der Waals surface area contributed by atoms with Gasteiger partial charge >= 0.3 is 11.6 Å². The fourth-order valence-corrected chi connectivity index (χ4v) is 0. The standard InChI is InChI=1S/C2H5N.2C2H6.O2S/c1-2-3-1;2*1-2;1-3-2/h3H,1-2H2;2*1-2H3;. The van der Waals surface area contributed by atoms with Gasteiger partial charge in [-0.2, -0.15) is 8.42 Å². The normalized spacial score (nSPS) is 9.60. The molecule has 0 unspecified atom stereocenters. The second kappa shape index (κ2) is 37.2. The minimum absolute atomic E-state index is 0.750. The Morgan fingerprint density at radius 1 is 1.00 bits per heavy atom. The lowest BCUT2D eigenvalue weighted by Gasteiger charge is -1.21. The summed E-state index contributed by atoms with van der Waals surface area (Å²) in [7, 11) is 0. The van der Waals surface area contributed by atoms with Crippen molar-refractivity contribution in [1.29, 1.82) is 0 Å². The van der Waals surface area contributed by atoms with Gasteiger partial charge in [0.15, 0.2) is 0 Å². The van der Waals surface area contributed by atoms with Gasteiger partial charge in [-0.25, -0.2) is 0 Å². The summed E-state index contributed by atoms with van der Waals surface area (Å²) in [5, 5.41) is 3.00. The van der Waals surface area contributed by atoms with Crippen LogP contribution >= 0.6 is 0 Å². The minimum Gasteiger partial charge on any atom is -0.314 e. The first-order valence-corrected chi connectivity index (χ1v) is 4.21. The van der Waals surface area contributed by atoms with Crippen molar-refractivity contribution in [1.82, 2.24) is 5.32 Å². The van der Waals surface area contributed by atoms with E-state index in [0.29, 0.717) is 0 Å². The maximum atomic E-state index is 8.29. The van der Waals surface area contributed by atoms with E-state index in [-0.39, 0.29) is 0 Å². The maximum absolute atomic E-state index is 8.29. The number of nitrogens with one attached hydrogen (secondary N) is 1. The molecule has 1 saturated heterocycles. The summed E-state index contributed by atoms with van der Waals surface area (Å²) in [6.07, 6.45) is 0. The Bertz CT molecular complexity index is 58.0. The summed E-state index contributed by atoms with van der Waals surface area (Å²) in [5.41, 5.74) is 0. The average Bonchev–Trinajstić information content (AvgIpc) is 2.82. The lowest BCUT2D eigenvalue weighted by molar-refractivity contribution is 0.630. The first-order chi connectivity index (χ1) is 4.91. The summed E-state index contributed by atoms with van der Waals surface area (Å²) in [4.78, 5) is 0. The van der Waals surface area contributed by atoms with Gasteiger partial charge in [0.25, 0.3) is 0 Å². The highest BCUT2D eigenvalue weighted by Crippen LogP contribution is 1.65. The topological polar surface area (TPSA) is 56.1 Å². The van der Waals surface area contributed by atoms with Crippen molar-refractivity contribution in [3.63, 3.8) is 0 Å². The van der Waals surface area contributed by atoms with Crippen molar-refractivity contribution in [2.45, 2.75) is 27.7 Å². The van der Waals surface area contributed by atoms with Crippen molar-refractivity contribution in [3.8, 4) is 0 Å². The Labute approximate surface area is 66.8 Å². The quantitative estimate of drug-likeness (QED) is 0.547.